The summed E-state index contributed by atoms with van der Waals surface area (Å²) >= 11 is 3.38. The summed E-state index contributed by atoms with van der Waals surface area (Å²) in [6, 6.07) is 5.69. The first-order valence-corrected chi connectivity index (χ1v) is 5.87. The molecule has 0 aliphatic carbocycles. The number of halogens is 1. The van der Waals surface area contributed by atoms with Crippen LogP contribution in [0.25, 0.3) is 0 Å². The van der Waals surface area contributed by atoms with E-state index >= 15 is 0 Å². The molecular formula is C11H13BrN2O2. The van der Waals surface area contributed by atoms with E-state index in [9.17, 15) is 9.90 Å². The second-order valence-electron chi connectivity index (χ2n) is 3.77. The molecule has 86 valence electrons. The summed E-state index contributed by atoms with van der Waals surface area (Å²) in [5, 5.41) is 12.5. The number of hydrogen-bond donors (Lipinski definition) is 2. The fraction of sp³-hybridized carbons (Fsp3) is 0.364. The molecule has 0 bridgehead atoms. The van der Waals surface area contributed by atoms with Gasteiger partial charge in [-0.1, -0.05) is 15.9 Å². The number of β-amino-alcohol motifs (C(OH)–C–C–N with tert-alkyl or cyclic N) is 1. The van der Waals surface area contributed by atoms with E-state index in [2.05, 4.69) is 21.2 Å². The number of hydrogen-bond acceptors (Lipinski definition) is 3. The Kier molecular flexibility index (Phi) is 3.16. The molecule has 1 atom stereocenters. The Hall–Kier alpha value is -1.07. The number of nitrogens with zero attached hydrogens (tertiary/aromatic N) is 1. The summed E-state index contributed by atoms with van der Waals surface area (Å²) in [6.45, 7) is 0.365. The Bertz CT molecular complexity index is 422. The van der Waals surface area contributed by atoms with Crippen LogP contribution < -0.4 is 10.2 Å². The normalized spacial score (nSPS) is 20.3. The first-order chi connectivity index (χ1) is 7.61. The Morgan fingerprint density at radius 2 is 2.31 bits per heavy atom. The Labute approximate surface area is 102 Å². The van der Waals surface area contributed by atoms with Crippen LogP contribution in [0.1, 0.15) is 6.42 Å². The molecule has 0 saturated carbocycles. The van der Waals surface area contributed by atoms with Gasteiger partial charge in [-0.2, -0.15) is 0 Å². The molecule has 1 fully saturated rings. The Balaban J connectivity index is 2.39. The molecule has 4 nitrogen and oxygen atoms in total. The average molecular weight is 285 g/mol. The third-order valence-corrected chi connectivity index (χ3v) is 3.12. The molecular weight excluding hydrogens is 272 g/mol. The zero-order valence-corrected chi connectivity index (χ0v) is 10.5. The van der Waals surface area contributed by atoms with Gasteiger partial charge in [-0.3, -0.25) is 4.79 Å². The van der Waals surface area contributed by atoms with Gasteiger partial charge in [-0.15, -0.1) is 0 Å². The first-order valence-electron chi connectivity index (χ1n) is 5.07. The number of aliphatic hydroxyl groups is 1. The lowest BCUT2D eigenvalue weighted by Crippen LogP contribution is -2.26. The maximum Gasteiger partial charge on any atom is 0.229 e. The second kappa shape index (κ2) is 4.43. The number of anilines is 2. The molecule has 1 aromatic rings. The van der Waals surface area contributed by atoms with E-state index in [4.69, 9.17) is 0 Å². The Morgan fingerprint density at radius 1 is 1.56 bits per heavy atom. The van der Waals surface area contributed by atoms with E-state index < -0.39 is 6.10 Å². The minimum Gasteiger partial charge on any atom is -0.391 e. The van der Waals surface area contributed by atoms with Crippen molar-refractivity contribution >= 4 is 33.2 Å². The van der Waals surface area contributed by atoms with Crippen molar-refractivity contribution < 1.29 is 9.90 Å². The largest absolute Gasteiger partial charge is 0.391 e. The molecule has 1 aromatic carbocycles. The van der Waals surface area contributed by atoms with Crippen LogP contribution >= 0.6 is 15.9 Å². The number of rotatable bonds is 2. The van der Waals surface area contributed by atoms with E-state index in [1.54, 1.807) is 4.90 Å². The lowest BCUT2D eigenvalue weighted by atomic mass is 10.2. The maximum absolute atomic E-state index is 11.7. The topological polar surface area (TPSA) is 52.6 Å². The Morgan fingerprint density at radius 3 is 2.88 bits per heavy atom. The summed E-state index contributed by atoms with van der Waals surface area (Å²) in [4.78, 5) is 13.3. The van der Waals surface area contributed by atoms with Crippen LogP contribution in [0.3, 0.4) is 0 Å². The van der Waals surface area contributed by atoms with Crippen LogP contribution in [0, 0.1) is 0 Å². The van der Waals surface area contributed by atoms with Gasteiger partial charge in [0.05, 0.1) is 30.4 Å². The predicted molar refractivity (Wildman–Crippen MR) is 66.7 cm³/mol. The molecule has 16 heavy (non-hydrogen) atoms. The van der Waals surface area contributed by atoms with Crippen molar-refractivity contribution in [3.05, 3.63) is 22.7 Å². The highest BCUT2D eigenvalue weighted by Gasteiger charge is 2.30. The fourth-order valence-corrected chi connectivity index (χ4v) is 2.21. The van der Waals surface area contributed by atoms with Gasteiger partial charge in [0.15, 0.2) is 0 Å². The molecule has 0 aromatic heterocycles. The average Bonchev–Trinajstić information content (AvgIpc) is 2.57. The van der Waals surface area contributed by atoms with E-state index in [1.165, 1.54) is 0 Å². The summed E-state index contributed by atoms with van der Waals surface area (Å²) in [7, 11) is 1.81. The number of aliphatic hydroxyl groups excluding tert-OH is 1. The van der Waals surface area contributed by atoms with Crippen molar-refractivity contribution in [2.45, 2.75) is 12.5 Å². The van der Waals surface area contributed by atoms with Gasteiger partial charge >= 0.3 is 0 Å². The first kappa shape index (κ1) is 11.4. The highest BCUT2D eigenvalue weighted by atomic mass is 79.9. The lowest BCUT2D eigenvalue weighted by molar-refractivity contribution is -0.117. The van der Waals surface area contributed by atoms with Crippen LogP contribution in [0.4, 0.5) is 11.4 Å². The van der Waals surface area contributed by atoms with E-state index in [0.29, 0.717) is 6.54 Å². The predicted octanol–water partition coefficient (Wildman–Crippen LogP) is 1.59. The van der Waals surface area contributed by atoms with E-state index in [1.807, 2.05) is 25.2 Å². The molecule has 1 aliphatic heterocycles. The van der Waals surface area contributed by atoms with Crippen molar-refractivity contribution in [3.63, 3.8) is 0 Å². The number of nitrogens with one attached hydrogen (secondary N) is 1. The molecule has 5 heteroatoms. The van der Waals surface area contributed by atoms with Crippen LogP contribution in [-0.4, -0.2) is 30.7 Å². The fourth-order valence-electron chi connectivity index (χ4n) is 1.86. The summed E-state index contributed by atoms with van der Waals surface area (Å²) in [5.41, 5.74) is 1.68. The monoisotopic (exact) mass is 284 g/mol. The van der Waals surface area contributed by atoms with E-state index in [0.717, 1.165) is 15.8 Å². The minimum absolute atomic E-state index is 0.0397. The molecule has 1 saturated heterocycles. The highest BCUT2D eigenvalue weighted by molar-refractivity contribution is 9.10. The zero-order valence-electron chi connectivity index (χ0n) is 8.90. The molecule has 1 unspecified atom stereocenters. The molecule has 2 rings (SSSR count). The lowest BCUT2D eigenvalue weighted by Gasteiger charge is -2.19. The number of benzene rings is 1. The standard InChI is InChI=1S/C11H13BrN2O2/c1-13-9-3-2-7(12)4-10(9)14-6-8(15)5-11(14)16/h2-4,8,13,15H,5-6H2,1H3. The van der Waals surface area contributed by atoms with Gasteiger partial charge in [-0.25, -0.2) is 0 Å². The van der Waals surface area contributed by atoms with Gasteiger partial charge in [0.2, 0.25) is 5.91 Å². The van der Waals surface area contributed by atoms with Crippen LogP contribution in [0.5, 0.6) is 0 Å². The molecule has 0 radical (unpaired) electrons. The third kappa shape index (κ3) is 2.05. The van der Waals surface area contributed by atoms with Crippen molar-refractivity contribution in [2.24, 2.45) is 0 Å². The summed E-state index contributed by atoms with van der Waals surface area (Å²) < 4.78 is 0.913. The molecule has 1 amide bonds. The zero-order chi connectivity index (χ0) is 11.7. The van der Waals surface area contributed by atoms with Crippen molar-refractivity contribution in [1.29, 1.82) is 0 Å². The number of carbonyl (C=O) groups is 1. The smallest absolute Gasteiger partial charge is 0.229 e. The van der Waals surface area contributed by atoms with Crippen molar-refractivity contribution in [3.8, 4) is 0 Å². The molecule has 1 heterocycles. The van der Waals surface area contributed by atoms with Crippen molar-refractivity contribution in [2.75, 3.05) is 23.8 Å². The minimum atomic E-state index is -0.559. The molecule has 1 aliphatic rings. The maximum atomic E-state index is 11.7. The molecule has 0 spiro atoms. The van der Waals surface area contributed by atoms with Gasteiger partial charge in [0.25, 0.3) is 0 Å². The number of carbonyl (C=O) groups excluding carboxylic acids is 1. The summed E-state index contributed by atoms with van der Waals surface area (Å²) in [5.74, 6) is -0.0397. The van der Waals surface area contributed by atoms with Gasteiger partial charge in [0, 0.05) is 11.5 Å². The second-order valence-corrected chi connectivity index (χ2v) is 4.69. The quantitative estimate of drug-likeness (QED) is 0.867. The van der Waals surface area contributed by atoms with Crippen LogP contribution in [-0.2, 0) is 4.79 Å². The van der Waals surface area contributed by atoms with Gasteiger partial charge in [-0.05, 0) is 18.2 Å². The van der Waals surface area contributed by atoms with Crippen molar-refractivity contribution in [1.82, 2.24) is 0 Å². The van der Waals surface area contributed by atoms with Gasteiger partial charge in [0.1, 0.15) is 0 Å². The SMILES string of the molecule is CNc1ccc(Br)cc1N1CC(O)CC1=O. The van der Waals surface area contributed by atoms with Crippen LogP contribution in [0.15, 0.2) is 22.7 Å². The highest BCUT2D eigenvalue weighted by Crippen LogP contribution is 2.32. The molecule has 2 N–H and O–H groups in total. The number of amides is 1. The van der Waals surface area contributed by atoms with Crippen LogP contribution in [0.2, 0.25) is 0 Å². The van der Waals surface area contributed by atoms with Gasteiger partial charge < -0.3 is 15.3 Å². The van der Waals surface area contributed by atoms with E-state index in [-0.39, 0.29) is 12.3 Å². The summed E-state index contributed by atoms with van der Waals surface area (Å²) in [6.07, 6.45) is -0.355. The third-order valence-electron chi connectivity index (χ3n) is 2.62.